The van der Waals surface area contributed by atoms with Gasteiger partial charge in [0.2, 0.25) is 0 Å². The van der Waals surface area contributed by atoms with Crippen LogP contribution in [0.1, 0.15) is 17.5 Å². The molecule has 0 aliphatic heterocycles. The smallest absolute Gasteiger partial charge is 0.137 e. The number of hydrogen-bond acceptors (Lipinski definition) is 1. The van der Waals surface area contributed by atoms with E-state index in [4.69, 9.17) is 0 Å². The van der Waals surface area contributed by atoms with E-state index in [-0.39, 0.29) is 0 Å². The van der Waals surface area contributed by atoms with E-state index in [1.165, 1.54) is 33.0 Å². The van der Waals surface area contributed by atoms with Gasteiger partial charge in [0.25, 0.3) is 0 Å². The van der Waals surface area contributed by atoms with Crippen LogP contribution in [0.4, 0.5) is 0 Å². The third-order valence-corrected chi connectivity index (χ3v) is 4.40. The molecule has 0 spiro atoms. The Bertz CT molecular complexity index is 840. The third-order valence-electron chi connectivity index (χ3n) is 4.40. The lowest BCUT2D eigenvalue weighted by molar-refractivity contribution is -0.118. The first-order valence-corrected chi connectivity index (χ1v) is 7.43. The van der Waals surface area contributed by atoms with E-state index in [0.29, 0.717) is 18.6 Å². The quantitative estimate of drug-likeness (QED) is 0.634. The SMILES string of the molecule is O=C1CCc2cccc(-c3cccc4ccccc34)c2C1. The van der Waals surface area contributed by atoms with Gasteiger partial charge >= 0.3 is 0 Å². The molecule has 1 aliphatic rings. The summed E-state index contributed by atoms with van der Waals surface area (Å²) in [4.78, 5) is 11.9. The normalized spacial score (nSPS) is 14.2. The van der Waals surface area contributed by atoms with E-state index in [9.17, 15) is 4.79 Å². The minimum Gasteiger partial charge on any atom is -0.299 e. The first-order valence-electron chi connectivity index (χ1n) is 7.43. The number of aryl methyl sites for hydroxylation is 1. The van der Waals surface area contributed by atoms with Gasteiger partial charge in [-0.3, -0.25) is 4.79 Å². The standard InChI is InChI=1S/C20H16O/c21-16-12-11-15-7-4-10-19(20(15)13-16)18-9-3-6-14-5-1-2-8-17(14)18/h1-10H,11-13H2. The minimum atomic E-state index is 0.357. The molecule has 1 heteroatoms. The van der Waals surface area contributed by atoms with Crippen LogP contribution >= 0.6 is 0 Å². The second-order valence-corrected chi connectivity index (χ2v) is 5.69. The van der Waals surface area contributed by atoms with Crippen molar-refractivity contribution in [3.05, 3.63) is 71.8 Å². The van der Waals surface area contributed by atoms with Crippen molar-refractivity contribution in [3.8, 4) is 11.1 Å². The molecule has 1 aliphatic carbocycles. The number of fused-ring (bicyclic) bond motifs is 2. The van der Waals surface area contributed by atoms with Crippen LogP contribution < -0.4 is 0 Å². The summed E-state index contributed by atoms with van der Waals surface area (Å²) in [5.74, 6) is 0.357. The molecule has 0 N–H and O–H groups in total. The van der Waals surface area contributed by atoms with Gasteiger partial charge < -0.3 is 0 Å². The van der Waals surface area contributed by atoms with Gasteiger partial charge in [0.05, 0.1) is 0 Å². The van der Waals surface area contributed by atoms with Crippen molar-refractivity contribution >= 4 is 16.6 Å². The van der Waals surface area contributed by atoms with E-state index in [2.05, 4.69) is 60.7 Å². The van der Waals surface area contributed by atoms with Crippen LogP contribution in [-0.4, -0.2) is 5.78 Å². The van der Waals surface area contributed by atoms with Crippen LogP contribution in [0.15, 0.2) is 60.7 Å². The predicted octanol–water partition coefficient (Wildman–Crippen LogP) is 4.56. The molecule has 1 nitrogen and oxygen atoms in total. The van der Waals surface area contributed by atoms with Gasteiger partial charge in [0.15, 0.2) is 0 Å². The molecular formula is C20H16O. The number of carbonyl (C=O) groups excluding carboxylic acids is 1. The Morgan fingerprint density at radius 1 is 0.714 bits per heavy atom. The van der Waals surface area contributed by atoms with E-state index in [1.54, 1.807) is 0 Å². The molecular weight excluding hydrogens is 256 g/mol. The minimum absolute atomic E-state index is 0.357. The Labute approximate surface area is 124 Å². The van der Waals surface area contributed by atoms with Gasteiger partial charge in [-0.05, 0) is 39.4 Å². The highest BCUT2D eigenvalue weighted by molar-refractivity contribution is 5.98. The second kappa shape index (κ2) is 4.85. The Morgan fingerprint density at radius 2 is 1.48 bits per heavy atom. The first kappa shape index (κ1) is 12.3. The summed E-state index contributed by atoms with van der Waals surface area (Å²) in [6.45, 7) is 0. The summed E-state index contributed by atoms with van der Waals surface area (Å²) in [6, 6.07) is 21.3. The summed E-state index contributed by atoms with van der Waals surface area (Å²) in [7, 11) is 0. The van der Waals surface area contributed by atoms with E-state index < -0.39 is 0 Å². The summed E-state index contributed by atoms with van der Waals surface area (Å²) < 4.78 is 0. The molecule has 0 amide bonds. The zero-order valence-electron chi connectivity index (χ0n) is 11.8. The number of hydrogen-bond donors (Lipinski definition) is 0. The lowest BCUT2D eigenvalue weighted by Gasteiger charge is -2.19. The molecule has 0 fully saturated rings. The van der Waals surface area contributed by atoms with Gasteiger partial charge in [-0.1, -0.05) is 60.7 Å². The topological polar surface area (TPSA) is 17.1 Å². The molecule has 0 unspecified atom stereocenters. The molecule has 0 heterocycles. The maximum atomic E-state index is 11.9. The van der Waals surface area contributed by atoms with E-state index >= 15 is 0 Å². The monoisotopic (exact) mass is 272 g/mol. The Kier molecular flexibility index (Phi) is 2.85. The maximum Gasteiger partial charge on any atom is 0.137 e. The number of carbonyl (C=O) groups is 1. The zero-order valence-corrected chi connectivity index (χ0v) is 11.8. The fraction of sp³-hybridized carbons (Fsp3) is 0.150. The molecule has 0 aromatic heterocycles. The van der Waals surface area contributed by atoms with Gasteiger partial charge in [0, 0.05) is 12.8 Å². The predicted molar refractivity (Wildman–Crippen MR) is 86.4 cm³/mol. The molecule has 0 atom stereocenters. The Hall–Kier alpha value is -2.41. The summed E-state index contributed by atoms with van der Waals surface area (Å²) in [5, 5.41) is 2.50. The van der Waals surface area contributed by atoms with Crippen molar-refractivity contribution in [2.45, 2.75) is 19.3 Å². The fourth-order valence-corrected chi connectivity index (χ4v) is 3.35. The van der Waals surface area contributed by atoms with Gasteiger partial charge in [-0.25, -0.2) is 0 Å². The number of rotatable bonds is 1. The van der Waals surface area contributed by atoms with Crippen LogP contribution in [0.3, 0.4) is 0 Å². The van der Waals surface area contributed by atoms with Gasteiger partial charge in [0.1, 0.15) is 5.78 Å². The lowest BCUT2D eigenvalue weighted by atomic mass is 9.84. The average molecular weight is 272 g/mol. The number of ketones is 1. The fourth-order valence-electron chi connectivity index (χ4n) is 3.35. The van der Waals surface area contributed by atoms with Crippen molar-refractivity contribution in [1.82, 2.24) is 0 Å². The van der Waals surface area contributed by atoms with Crippen molar-refractivity contribution in [1.29, 1.82) is 0 Å². The van der Waals surface area contributed by atoms with Crippen molar-refractivity contribution in [2.24, 2.45) is 0 Å². The molecule has 3 aromatic rings. The molecule has 102 valence electrons. The molecule has 0 radical (unpaired) electrons. The molecule has 0 saturated carbocycles. The van der Waals surface area contributed by atoms with Crippen molar-refractivity contribution in [2.75, 3.05) is 0 Å². The largest absolute Gasteiger partial charge is 0.299 e. The second-order valence-electron chi connectivity index (χ2n) is 5.69. The highest BCUT2D eigenvalue weighted by Crippen LogP contribution is 2.34. The van der Waals surface area contributed by atoms with Crippen LogP contribution in [0, 0.1) is 0 Å². The van der Waals surface area contributed by atoms with Gasteiger partial charge in [-0.2, -0.15) is 0 Å². The summed E-state index contributed by atoms with van der Waals surface area (Å²) in [5.41, 5.74) is 5.02. The summed E-state index contributed by atoms with van der Waals surface area (Å²) in [6.07, 6.45) is 2.15. The zero-order chi connectivity index (χ0) is 14.2. The van der Waals surface area contributed by atoms with Crippen LogP contribution in [-0.2, 0) is 17.6 Å². The van der Waals surface area contributed by atoms with E-state index in [1.807, 2.05) is 0 Å². The Morgan fingerprint density at radius 3 is 2.43 bits per heavy atom. The highest BCUT2D eigenvalue weighted by atomic mass is 16.1. The van der Waals surface area contributed by atoms with Crippen molar-refractivity contribution in [3.63, 3.8) is 0 Å². The van der Waals surface area contributed by atoms with Crippen LogP contribution in [0.25, 0.3) is 21.9 Å². The average Bonchev–Trinajstić information content (AvgIpc) is 2.54. The molecule has 21 heavy (non-hydrogen) atoms. The summed E-state index contributed by atoms with van der Waals surface area (Å²) >= 11 is 0. The van der Waals surface area contributed by atoms with Crippen LogP contribution in [0.2, 0.25) is 0 Å². The molecule has 3 aromatic carbocycles. The van der Waals surface area contributed by atoms with Gasteiger partial charge in [-0.15, -0.1) is 0 Å². The Balaban J connectivity index is 2.00. The maximum absolute atomic E-state index is 11.9. The molecule has 0 bridgehead atoms. The molecule has 0 saturated heterocycles. The third kappa shape index (κ3) is 2.06. The van der Waals surface area contributed by atoms with Crippen molar-refractivity contribution < 1.29 is 4.79 Å². The molecule has 4 rings (SSSR count). The number of Topliss-reactive ketones (excluding diaryl/α,β-unsaturated/α-hetero) is 1. The van der Waals surface area contributed by atoms with Crippen LogP contribution in [0.5, 0.6) is 0 Å². The number of benzene rings is 3. The first-order chi connectivity index (χ1) is 10.3. The lowest BCUT2D eigenvalue weighted by Crippen LogP contribution is -2.14. The highest BCUT2D eigenvalue weighted by Gasteiger charge is 2.19. The van der Waals surface area contributed by atoms with E-state index in [0.717, 1.165) is 6.42 Å².